The molecule has 0 radical (unpaired) electrons. The minimum absolute atomic E-state index is 0.0214. The molecule has 0 aliphatic carbocycles. The second kappa shape index (κ2) is 9.35. The summed E-state index contributed by atoms with van der Waals surface area (Å²) in [5.74, 6) is 0.249. The van der Waals surface area contributed by atoms with Gasteiger partial charge in [0, 0.05) is 24.4 Å². The maximum absolute atomic E-state index is 13.1. The molecule has 0 fully saturated rings. The molecule has 1 atom stereocenters. The maximum Gasteiger partial charge on any atom is 0.263 e. The van der Waals surface area contributed by atoms with Crippen LogP contribution in [0.3, 0.4) is 0 Å². The van der Waals surface area contributed by atoms with E-state index < -0.39 is 6.04 Å². The number of hydrogen-bond acceptors (Lipinski definition) is 7. The van der Waals surface area contributed by atoms with Crippen LogP contribution in [0.5, 0.6) is 0 Å². The molecular weight excluding hydrogens is 429 g/mol. The molecule has 4 aromatic rings. The number of thiazole rings is 1. The van der Waals surface area contributed by atoms with Gasteiger partial charge in [-0.2, -0.15) is 4.98 Å². The summed E-state index contributed by atoms with van der Waals surface area (Å²) in [6.45, 7) is 5.74. The number of amides is 1. The Hall–Kier alpha value is -3.46. The number of rotatable bonds is 7. The van der Waals surface area contributed by atoms with Crippen molar-refractivity contribution in [3.05, 3.63) is 81.6 Å². The van der Waals surface area contributed by atoms with E-state index in [1.807, 2.05) is 19.9 Å². The third kappa shape index (κ3) is 4.88. The van der Waals surface area contributed by atoms with Gasteiger partial charge >= 0.3 is 0 Å². The average Bonchev–Trinajstić information content (AvgIpc) is 3.41. The first-order valence-corrected chi connectivity index (χ1v) is 11.0. The number of halogens is 1. The van der Waals surface area contributed by atoms with Crippen molar-refractivity contribution in [2.45, 2.75) is 33.2 Å². The highest BCUT2D eigenvalue weighted by Gasteiger charge is 2.27. The zero-order valence-electron chi connectivity index (χ0n) is 17.9. The number of hydrogen-bond donors (Lipinski definition) is 1. The maximum atomic E-state index is 13.1. The van der Waals surface area contributed by atoms with Crippen molar-refractivity contribution in [2.24, 2.45) is 5.92 Å². The summed E-state index contributed by atoms with van der Waals surface area (Å²) < 4.78 is 18.6. The molecule has 7 nitrogen and oxygen atoms in total. The predicted molar refractivity (Wildman–Crippen MR) is 119 cm³/mol. The first-order chi connectivity index (χ1) is 15.4. The molecule has 3 aromatic heterocycles. The van der Waals surface area contributed by atoms with Crippen molar-refractivity contribution >= 4 is 17.2 Å². The summed E-state index contributed by atoms with van der Waals surface area (Å²) in [4.78, 5) is 26.6. The van der Waals surface area contributed by atoms with E-state index in [1.165, 1.54) is 23.5 Å². The number of aromatic nitrogens is 4. The predicted octanol–water partition coefficient (Wildman–Crippen LogP) is 4.75. The van der Waals surface area contributed by atoms with Crippen molar-refractivity contribution in [2.75, 3.05) is 0 Å². The molecule has 32 heavy (non-hydrogen) atoms. The van der Waals surface area contributed by atoms with Gasteiger partial charge in [0.2, 0.25) is 11.7 Å². The summed E-state index contributed by atoms with van der Waals surface area (Å²) in [5, 5.41) is 7.83. The molecule has 1 amide bonds. The zero-order valence-corrected chi connectivity index (χ0v) is 18.7. The number of benzene rings is 1. The van der Waals surface area contributed by atoms with Gasteiger partial charge in [0.05, 0.1) is 10.7 Å². The monoisotopic (exact) mass is 451 g/mol. The molecule has 0 saturated heterocycles. The van der Waals surface area contributed by atoms with Crippen LogP contribution in [0.2, 0.25) is 0 Å². The molecule has 0 aliphatic rings. The van der Waals surface area contributed by atoms with E-state index >= 15 is 0 Å². The topological polar surface area (TPSA) is 93.8 Å². The van der Waals surface area contributed by atoms with Gasteiger partial charge in [-0.1, -0.05) is 31.1 Å². The van der Waals surface area contributed by atoms with E-state index in [-0.39, 0.29) is 17.6 Å². The molecule has 0 saturated carbocycles. The molecule has 9 heteroatoms. The summed E-state index contributed by atoms with van der Waals surface area (Å²) >= 11 is 1.33. The molecule has 4 rings (SSSR count). The largest absolute Gasteiger partial charge is 0.339 e. The Morgan fingerprint density at radius 2 is 1.97 bits per heavy atom. The molecular formula is C23H22FN5O2S. The van der Waals surface area contributed by atoms with Crippen LogP contribution < -0.4 is 5.32 Å². The number of pyridine rings is 1. The Morgan fingerprint density at radius 1 is 1.19 bits per heavy atom. The van der Waals surface area contributed by atoms with Gasteiger partial charge in [-0.25, -0.2) is 9.37 Å². The zero-order chi connectivity index (χ0) is 22.7. The van der Waals surface area contributed by atoms with Crippen molar-refractivity contribution in [1.82, 2.24) is 25.4 Å². The van der Waals surface area contributed by atoms with Gasteiger partial charge in [-0.15, -0.1) is 11.3 Å². The third-order valence-corrected chi connectivity index (χ3v) is 6.05. The fourth-order valence-electron chi connectivity index (χ4n) is 3.21. The highest BCUT2D eigenvalue weighted by molar-refractivity contribution is 7.13. The van der Waals surface area contributed by atoms with E-state index in [0.29, 0.717) is 28.7 Å². The smallest absolute Gasteiger partial charge is 0.263 e. The summed E-state index contributed by atoms with van der Waals surface area (Å²) in [6, 6.07) is 9.45. The number of carbonyl (C=O) groups is 1. The first-order valence-electron chi connectivity index (χ1n) is 10.2. The normalized spacial score (nSPS) is 12.2. The Morgan fingerprint density at radius 3 is 2.66 bits per heavy atom. The van der Waals surface area contributed by atoms with Crippen molar-refractivity contribution in [1.29, 1.82) is 0 Å². The van der Waals surface area contributed by atoms with E-state index in [0.717, 1.165) is 16.1 Å². The number of nitrogens with one attached hydrogen (secondary N) is 1. The van der Waals surface area contributed by atoms with Crippen LogP contribution in [0, 0.1) is 18.7 Å². The SMILES string of the molecule is Cc1nc(Cc2ccc(F)cc2)sc1C(=O)N[C@H](c1nc(-c2cccnc2)no1)C(C)C. The highest BCUT2D eigenvalue weighted by Crippen LogP contribution is 2.26. The molecule has 0 spiro atoms. The minimum atomic E-state index is -0.456. The van der Waals surface area contributed by atoms with Gasteiger partial charge in [0.25, 0.3) is 5.91 Å². The molecule has 0 bridgehead atoms. The van der Waals surface area contributed by atoms with E-state index in [1.54, 1.807) is 37.5 Å². The molecule has 1 N–H and O–H groups in total. The summed E-state index contributed by atoms with van der Waals surface area (Å²) in [7, 11) is 0. The number of nitrogens with zero attached hydrogens (tertiary/aromatic N) is 4. The quantitative estimate of drug-likeness (QED) is 0.436. The van der Waals surface area contributed by atoms with E-state index in [2.05, 4.69) is 25.4 Å². The Kier molecular flexibility index (Phi) is 6.36. The molecule has 164 valence electrons. The molecule has 3 heterocycles. The Bertz CT molecular complexity index is 1200. The standard InChI is InChI=1S/C23H22FN5O2S/c1-13(2)19(23-28-21(29-31-23)16-5-4-10-25-12-16)27-22(30)20-14(3)26-18(32-20)11-15-6-8-17(24)9-7-15/h4-10,12-13,19H,11H2,1-3H3,(H,27,30)/t19-/m0/s1. The second-order valence-electron chi connectivity index (χ2n) is 7.72. The van der Waals surface area contributed by atoms with E-state index in [9.17, 15) is 9.18 Å². The van der Waals surface area contributed by atoms with Crippen LogP contribution in [0.1, 0.15) is 51.7 Å². The lowest BCUT2D eigenvalue weighted by Crippen LogP contribution is -2.32. The van der Waals surface area contributed by atoms with E-state index in [4.69, 9.17) is 4.52 Å². The molecule has 0 aliphatic heterocycles. The van der Waals surface area contributed by atoms with Crippen LogP contribution in [-0.4, -0.2) is 26.0 Å². The number of aryl methyl sites for hydroxylation is 1. The van der Waals surface area contributed by atoms with Gasteiger partial charge in [0.1, 0.15) is 16.7 Å². The lowest BCUT2D eigenvalue weighted by atomic mass is 10.0. The number of carbonyl (C=O) groups excluding carboxylic acids is 1. The van der Waals surface area contributed by atoms with Crippen LogP contribution in [-0.2, 0) is 6.42 Å². The van der Waals surface area contributed by atoms with Crippen LogP contribution in [0.25, 0.3) is 11.4 Å². The fourth-order valence-corrected chi connectivity index (χ4v) is 4.21. The molecule has 1 aromatic carbocycles. The summed E-state index contributed by atoms with van der Waals surface area (Å²) in [5.41, 5.74) is 2.31. The highest BCUT2D eigenvalue weighted by atomic mass is 32.1. The van der Waals surface area contributed by atoms with Gasteiger partial charge in [0.15, 0.2) is 0 Å². The average molecular weight is 452 g/mol. The van der Waals surface area contributed by atoms with Crippen molar-refractivity contribution in [3.63, 3.8) is 0 Å². The van der Waals surface area contributed by atoms with Gasteiger partial charge < -0.3 is 9.84 Å². The third-order valence-electron chi connectivity index (χ3n) is 4.90. The lowest BCUT2D eigenvalue weighted by molar-refractivity contribution is 0.0917. The van der Waals surface area contributed by atoms with Gasteiger partial charge in [-0.3, -0.25) is 9.78 Å². The van der Waals surface area contributed by atoms with Crippen LogP contribution in [0.15, 0.2) is 53.3 Å². The molecule has 0 unspecified atom stereocenters. The first kappa shape index (κ1) is 21.8. The Balaban J connectivity index is 1.51. The van der Waals surface area contributed by atoms with Crippen molar-refractivity contribution < 1.29 is 13.7 Å². The lowest BCUT2D eigenvalue weighted by Gasteiger charge is -2.18. The second-order valence-corrected chi connectivity index (χ2v) is 8.80. The van der Waals surface area contributed by atoms with Gasteiger partial charge in [-0.05, 0) is 42.7 Å². The van der Waals surface area contributed by atoms with Crippen LogP contribution >= 0.6 is 11.3 Å². The van der Waals surface area contributed by atoms with Crippen LogP contribution in [0.4, 0.5) is 4.39 Å². The minimum Gasteiger partial charge on any atom is -0.339 e. The summed E-state index contributed by atoms with van der Waals surface area (Å²) in [6.07, 6.45) is 3.86. The fraction of sp³-hybridized carbons (Fsp3) is 0.261. The Labute approximate surface area is 188 Å². The van der Waals surface area contributed by atoms with Crippen molar-refractivity contribution in [3.8, 4) is 11.4 Å².